The number of carbonyl (C=O) groups is 2. The van der Waals surface area contributed by atoms with Crippen molar-refractivity contribution in [3.63, 3.8) is 0 Å². The molecule has 0 radical (unpaired) electrons. The highest BCUT2D eigenvalue weighted by atomic mass is 16.2. The van der Waals surface area contributed by atoms with Crippen LogP contribution in [0.15, 0.2) is 23.2 Å². The van der Waals surface area contributed by atoms with Crippen LogP contribution in [0.4, 0.5) is 0 Å². The summed E-state index contributed by atoms with van der Waals surface area (Å²) < 4.78 is 0. The van der Waals surface area contributed by atoms with Crippen molar-refractivity contribution < 1.29 is 9.59 Å². The van der Waals surface area contributed by atoms with Crippen molar-refractivity contribution in [1.82, 2.24) is 25.1 Å². The molecular weight excluding hydrogens is 332 g/mol. The lowest BCUT2D eigenvalue weighted by molar-refractivity contribution is -0.125. The predicted molar refractivity (Wildman–Crippen MR) is 98.0 cm³/mol. The maximum atomic E-state index is 12.9. The van der Waals surface area contributed by atoms with Crippen molar-refractivity contribution in [3.8, 4) is 0 Å². The fraction of sp³-hybridized carbons (Fsp3) is 0.444. The largest absolute Gasteiger partial charge is 0.349 e. The number of benzene rings is 1. The first-order chi connectivity index (χ1) is 12.4. The summed E-state index contributed by atoms with van der Waals surface area (Å²) in [6.45, 7) is 2.91. The van der Waals surface area contributed by atoms with Crippen LogP contribution in [0.2, 0.25) is 0 Å². The van der Waals surface area contributed by atoms with Crippen LogP contribution in [0.1, 0.15) is 29.0 Å². The predicted octanol–water partition coefficient (Wildman–Crippen LogP) is 0.894. The number of imidazole rings is 1. The Bertz CT molecular complexity index is 921. The Hall–Kier alpha value is -2.90. The molecular formula is C18H22N6O2. The van der Waals surface area contributed by atoms with E-state index in [2.05, 4.69) is 20.3 Å². The number of H-pyrrole nitrogens is 1. The van der Waals surface area contributed by atoms with Gasteiger partial charge < -0.3 is 14.8 Å². The van der Waals surface area contributed by atoms with Crippen LogP contribution in [0, 0.1) is 6.92 Å². The molecule has 4 rings (SSSR count). The van der Waals surface area contributed by atoms with Crippen molar-refractivity contribution >= 4 is 28.8 Å². The monoisotopic (exact) mass is 354 g/mol. The average Bonchev–Trinajstić information content (AvgIpc) is 3.14. The maximum Gasteiger partial charge on any atom is 0.254 e. The van der Waals surface area contributed by atoms with Crippen LogP contribution < -0.4 is 5.32 Å². The number of amides is 2. The zero-order valence-electron chi connectivity index (χ0n) is 15.2. The molecule has 2 aliphatic heterocycles. The Labute approximate surface area is 151 Å². The fourth-order valence-electron chi connectivity index (χ4n) is 3.58. The highest BCUT2D eigenvalue weighted by Crippen LogP contribution is 2.31. The standard InChI is InChI=1S/C18H22N6O2/c1-11-19-13-5-4-12(10-14(13)20-11)15(25)24-8-6-18(7-9-24)16(26)21-17(22-18)23(2)3/h4-5,10H,6-9H2,1-3H3,(H,19,20)(H,21,22,26). The number of fused-ring (bicyclic) bond motifs is 1. The molecule has 2 N–H and O–H groups in total. The number of aryl methyl sites for hydroxylation is 1. The molecule has 1 saturated heterocycles. The minimum absolute atomic E-state index is 0.0239. The summed E-state index contributed by atoms with van der Waals surface area (Å²) in [5.41, 5.74) is 1.60. The van der Waals surface area contributed by atoms with Crippen LogP contribution in [0.5, 0.6) is 0 Å². The Morgan fingerprint density at radius 2 is 2.00 bits per heavy atom. The van der Waals surface area contributed by atoms with Crippen molar-refractivity contribution in [2.45, 2.75) is 25.3 Å². The number of aromatic nitrogens is 2. The zero-order chi connectivity index (χ0) is 18.5. The molecule has 2 aliphatic rings. The smallest absolute Gasteiger partial charge is 0.254 e. The molecule has 0 unspecified atom stereocenters. The molecule has 1 aromatic heterocycles. The molecule has 2 amide bonds. The van der Waals surface area contributed by atoms with Crippen LogP contribution in [0.25, 0.3) is 11.0 Å². The summed E-state index contributed by atoms with van der Waals surface area (Å²) in [5, 5.41) is 2.83. The van der Waals surface area contributed by atoms with Gasteiger partial charge in [0.25, 0.3) is 11.8 Å². The molecule has 0 bridgehead atoms. The number of nitrogens with one attached hydrogen (secondary N) is 2. The van der Waals surface area contributed by atoms with Gasteiger partial charge in [-0.2, -0.15) is 0 Å². The first-order valence-electron chi connectivity index (χ1n) is 8.72. The second-order valence-electron chi connectivity index (χ2n) is 7.16. The van der Waals surface area contributed by atoms with E-state index in [1.165, 1.54) is 0 Å². The molecule has 26 heavy (non-hydrogen) atoms. The van der Waals surface area contributed by atoms with Gasteiger partial charge in [0.2, 0.25) is 5.96 Å². The maximum absolute atomic E-state index is 12.9. The summed E-state index contributed by atoms with van der Waals surface area (Å²) in [6, 6.07) is 5.50. The number of nitrogens with zero attached hydrogens (tertiary/aromatic N) is 4. The van der Waals surface area contributed by atoms with Crippen molar-refractivity contribution in [2.24, 2.45) is 4.99 Å². The van der Waals surface area contributed by atoms with Crippen LogP contribution in [0.3, 0.4) is 0 Å². The molecule has 0 saturated carbocycles. The van der Waals surface area contributed by atoms with Gasteiger partial charge in [-0.25, -0.2) is 9.98 Å². The SMILES string of the molecule is Cc1nc2ccc(C(=O)N3CCC4(CC3)N=C(N(C)C)NC4=O)cc2[nH]1. The number of carbonyl (C=O) groups excluding carboxylic acids is 2. The number of likely N-dealkylation sites (tertiary alicyclic amines) is 1. The minimum Gasteiger partial charge on any atom is -0.349 e. The fourth-order valence-corrected chi connectivity index (χ4v) is 3.58. The number of rotatable bonds is 1. The molecule has 8 heteroatoms. The Kier molecular flexibility index (Phi) is 3.71. The van der Waals surface area contributed by atoms with Gasteiger partial charge in [0.15, 0.2) is 0 Å². The summed E-state index contributed by atoms with van der Waals surface area (Å²) in [7, 11) is 3.70. The van der Waals surface area contributed by atoms with Crippen molar-refractivity contribution in [1.29, 1.82) is 0 Å². The third kappa shape index (κ3) is 2.61. The molecule has 0 aliphatic carbocycles. The van der Waals surface area contributed by atoms with E-state index in [0.717, 1.165) is 16.9 Å². The molecule has 1 aromatic carbocycles. The van der Waals surface area contributed by atoms with Gasteiger partial charge in [0, 0.05) is 32.7 Å². The Balaban J connectivity index is 1.50. The van der Waals surface area contributed by atoms with E-state index in [1.54, 1.807) is 15.9 Å². The van der Waals surface area contributed by atoms with Crippen LogP contribution in [-0.2, 0) is 4.79 Å². The second-order valence-corrected chi connectivity index (χ2v) is 7.16. The van der Waals surface area contributed by atoms with E-state index >= 15 is 0 Å². The van der Waals surface area contributed by atoms with Crippen LogP contribution in [-0.4, -0.2) is 70.3 Å². The second kappa shape index (κ2) is 5.82. The van der Waals surface area contributed by atoms with E-state index in [0.29, 0.717) is 37.5 Å². The first kappa shape index (κ1) is 16.6. The minimum atomic E-state index is -0.735. The van der Waals surface area contributed by atoms with Crippen LogP contribution >= 0.6 is 0 Å². The molecule has 3 heterocycles. The summed E-state index contributed by atoms with van der Waals surface area (Å²) in [4.78, 5) is 41.0. The summed E-state index contributed by atoms with van der Waals surface area (Å²) >= 11 is 0. The Morgan fingerprint density at radius 1 is 1.27 bits per heavy atom. The molecule has 2 aromatic rings. The highest BCUT2D eigenvalue weighted by molar-refractivity contribution is 6.07. The van der Waals surface area contributed by atoms with E-state index in [9.17, 15) is 9.59 Å². The third-order valence-electron chi connectivity index (χ3n) is 5.12. The first-order valence-corrected chi connectivity index (χ1v) is 8.72. The van der Waals surface area contributed by atoms with E-state index < -0.39 is 5.54 Å². The van der Waals surface area contributed by atoms with Crippen molar-refractivity contribution in [3.05, 3.63) is 29.6 Å². The molecule has 1 spiro atoms. The van der Waals surface area contributed by atoms with Gasteiger partial charge in [-0.05, 0) is 38.0 Å². The topological polar surface area (TPSA) is 93.7 Å². The lowest BCUT2D eigenvalue weighted by atomic mass is 9.88. The average molecular weight is 354 g/mol. The lowest BCUT2D eigenvalue weighted by Crippen LogP contribution is -2.50. The molecule has 136 valence electrons. The van der Waals surface area contributed by atoms with Gasteiger partial charge in [0.1, 0.15) is 11.4 Å². The molecule has 0 atom stereocenters. The van der Waals surface area contributed by atoms with Gasteiger partial charge in [-0.15, -0.1) is 0 Å². The number of hydrogen-bond donors (Lipinski definition) is 2. The van der Waals surface area contributed by atoms with E-state index in [4.69, 9.17) is 0 Å². The molecule has 1 fully saturated rings. The van der Waals surface area contributed by atoms with Gasteiger partial charge in [-0.1, -0.05) is 0 Å². The zero-order valence-corrected chi connectivity index (χ0v) is 15.2. The highest BCUT2D eigenvalue weighted by Gasteiger charge is 2.46. The number of piperidine rings is 1. The third-order valence-corrected chi connectivity index (χ3v) is 5.12. The van der Waals surface area contributed by atoms with E-state index in [1.807, 2.05) is 33.2 Å². The quantitative estimate of drug-likeness (QED) is 0.795. The Morgan fingerprint density at radius 3 is 2.65 bits per heavy atom. The van der Waals surface area contributed by atoms with Gasteiger partial charge in [0.05, 0.1) is 11.0 Å². The number of guanidine groups is 1. The number of aromatic amines is 1. The summed E-state index contributed by atoms with van der Waals surface area (Å²) in [5.74, 6) is 1.33. The normalized spacial score (nSPS) is 19.0. The summed E-state index contributed by atoms with van der Waals surface area (Å²) in [6.07, 6.45) is 1.07. The number of hydrogen-bond acceptors (Lipinski definition) is 5. The molecule has 8 nitrogen and oxygen atoms in total. The van der Waals surface area contributed by atoms with Gasteiger partial charge in [-0.3, -0.25) is 14.9 Å². The van der Waals surface area contributed by atoms with Gasteiger partial charge >= 0.3 is 0 Å². The van der Waals surface area contributed by atoms with Crippen molar-refractivity contribution in [2.75, 3.05) is 27.2 Å². The number of aliphatic imine (C=N–C) groups is 1. The lowest BCUT2D eigenvalue weighted by Gasteiger charge is -2.35. The van der Waals surface area contributed by atoms with E-state index in [-0.39, 0.29) is 11.8 Å².